The first-order valence-corrected chi connectivity index (χ1v) is 12.8. The molecule has 34 heavy (non-hydrogen) atoms. The second-order valence-corrected chi connectivity index (χ2v) is 10.5. The van der Waals surface area contributed by atoms with Crippen LogP contribution < -0.4 is 10.1 Å². The third-order valence-corrected chi connectivity index (χ3v) is 8.37. The van der Waals surface area contributed by atoms with E-state index in [2.05, 4.69) is 110 Å². The van der Waals surface area contributed by atoms with E-state index in [0.29, 0.717) is 17.9 Å². The summed E-state index contributed by atoms with van der Waals surface area (Å²) in [6.45, 7) is 9.34. The van der Waals surface area contributed by atoms with Gasteiger partial charge in [0.1, 0.15) is 5.75 Å². The predicted octanol–water partition coefficient (Wildman–Crippen LogP) is 6.92. The molecule has 2 bridgehead atoms. The quantitative estimate of drug-likeness (QED) is 0.419. The van der Waals surface area contributed by atoms with Crippen LogP contribution in [0.25, 0.3) is 0 Å². The topological polar surface area (TPSA) is 24.5 Å². The number of anilines is 1. The van der Waals surface area contributed by atoms with Crippen molar-refractivity contribution in [2.45, 2.75) is 57.0 Å². The molecule has 3 aliphatic rings. The molecule has 178 valence electrons. The molecule has 3 aromatic carbocycles. The molecule has 3 aromatic rings. The molecule has 1 N–H and O–H groups in total. The number of piperidine rings is 3. The fourth-order valence-electron chi connectivity index (χ4n) is 6.54. The third-order valence-electron chi connectivity index (χ3n) is 8.37. The van der Waals surface area contributed by atoms with Crippen LogP contribution in [0.5, 0.6) is 5.75 Å². The number of rotatable bonds is 7. The second kappa shape index (κ2) is 9.46. The summed E-state index contributed by atoms with van der Waals surface area (Å²) < 4.78 is 5.82. The van der Waals surface area contributed by atoms with Crippen molar-refractivity contribution in [2.75, 3.05) is 25.5 Å². The third kappa shape index (κ3) is 4.01. The summed E-state index contributed by atoms with van der Waals surface area (Å²) in [4.78, 5) is 2.76. The lowest BCUT2D eigenvalue weighted by molar-refractivity contribution is -0.0401. The minimum atomic E-state index is -0.0667. The standard InChI is InChI=1S/C31H38N2O/c1-22(2)26-15-16-28(34-4)27(21-26)32-30-25-17-19-33(20-18-25)31(30,3)29(23-11-7-5-8-12-23)24-13-9-6-10-14-24/h5-16,21-22,25,29-30,32H,17-20H2,1-4H3. The number of nitrogens with zero attached hydrogens (tertiary/aromatic N) is 1. The van der Waals surface area contributed by atoms with Gasteiger partial charge in [0, 0.05) is 17.5 Å². The number of fused-ring (bicyclic) bond motifs is 3. The summed E-state index contributed by atoms with van der Waals surface area (Å²) in [7, 11) is 1.78. The fourth-order valence-corrected chi connectivity index (χ4v) is 6.54. The minimum Gasteiger partial charge on any atom is -0.495 e. The maximum absolute atomic E-state index is 5.82. The molecule has 0 aliphatic carbocycles. The SMILES string of the molecule is COc1ccc(C(C)C)cc1NC1C2CCN(CC2)C1(C)C(c1ccccc1)c1ccccc1. The first kappa shape index (κ1) is 23.0. The summed E-state index contributed by atoms with van der Waals surface area (Å²) in [5.41, 5.74) is 5.17. The zero-order valence-corrected chi connectivity index (χ0v) is 21.0. The van der Waals surface area contributed by atoms with Crippen molar-refractivity contribution in [3.63, 3.8) is 0 Å². The van der Waals surface area contributed by atoms with Crippen molar-refractivity contribution in [1.82, 2.24) is 4.90 Å². The highest BCUT2D eigenvalue weighted by atomic mass is 16.5. The maximum atomic E-state index is 5.82. The summed E-state index contributed by atoms with van der Waals surface area (Å²) >= 11 is 0. The van der Waals surface area contributed by atoms with Crippen molar-refractivity contribution < 1.29 is 4.74 Å². The Morgan fingerprint density at radius 1 is 0.853 bits per heavy atom. The van der Waals surface area contributed by atoms with E-state index in [1.54, 1.807) is 7.11 Å². The van der Waals surface area contributed by atoms with Gasteiger partial charge in [0.2, 0.25) is 0 Å². The number of methoxy groups -OCH3 is 1. The van der Waals surface area contributed by atoms with Gasteiger partial charge in [-0.1, -0.05) is 80.6 Å². The van der Waals surface area contributed by atoms with E-state index in [1.165, 1.54) is 42.6 Å². The van der Waals surface area contributed by atoms with Gasteiger partial charge in [0.25, 0.3) is 0 Å². The predicted molar refractivity (Wildman–Crippen MR) is 142 cm³/mol. The summed E-state index contributed by atoms with van der Waals surface area (Å²) in [5, 5.41) is 4.07. The summed E-state index contributed by atoms with van der Waals surface area (Å²) in [6, 6.07) is 29.2. The molecule has 0 amide bonds. The molecule has 0 saturated carbocycles. The Bertz CT molecular complexity index is 1050. The smallest absolute Gasteiger partial charge is 0.141 e. The van der Waals surface area contributed by atoms with Gasteiger partial charge in [-0.05, 0) is 73.5 Å². The van der Waals surface area contributed by atoms with E-state index in [0.717, 1.165) is 11.4 Å². The van der Waals surface area contributed by atoms with E-state index in [1.807, 2.05) is 0 Å². The Kier molecular flexibility index (Phi) is 6.40. The Balaban J connectivity index is 1.63. The number of nitrogens with one attached hydrogen (secondary N) is 1. The van der Waals surface area contributed by atoms with Crippen LogP contribution in [0.2, 0.25) is 0 Å². The lowest BCUT2D eigenvalue weighted by Gasteiger charge is -2.61. The number of benzene rings is 3. The van der Waals surface area contributed by atoms with Crippen LogP contribution in [0, 0.1) is 5.92 Å². The molecule has 0 spiro atoms. The van der Waals surface area contributed by atoms with Crippen molar-refractivity contribution in [2.24, 2.45) is 5.92 Å². The highest BCUT2D eigenvalue weighted by Crippen LogP contribution is 2.51. The Hall–Kier alpha value is -2.78. The van der Waals surface area contributed by atoms with Crippen LogP contribution in [-0.2, 0) is 0 Å². The van der Waals surface area contributed by atoms with Gasteiger partial charge < -0.3 is 10.1 Å². The molecule has 3 saturated heterocycles. The number of hydrogen-bond acceptors (Lipinski definition) is 3. The molecule has 3 nitrogen and oxygen atoms in total. The van der Waals surface area contributed by atoms with Crippen LogP contribution in [0.3, 0.4) is 0 Å². The molecule has 3 heteroatoms. The van der Waals surface area contributed by atoms with E-state index < -0.39 is 0 Å². The normalized spacial score (nSPS) is 26.1. The first-order chi connectivity index (χ1) is 16.5. The van der Waals surface area contributed by atoms with Gasteiger partial charge in [-0.2, -0.15) is 0 Å². The Labute approximate surface area is 205 Å². The fraction of sp³-hybridized carbons (Fsp3) is 0.419. The van der Waals surface area contributed by atoms with Gasteiger partial charge in [-0.25, -0.2) is 0 Å². The van der Waals surface area contributed by atoms with Gasteiger partial charge in [-0.3, -0.25) is 4.90 Å². The minimum absolute atomic E-state index is 0.0667. The molecule has 3 heterocycles. The average molecular weight is 455 g/mol. The lowest BCUT2D eigenvalue weighted by atomic mass is 9.62. The maximum Gasteiger partial charge on any atom is 0.141 e. The lowest BCUT2D eigenvalue weighted by Crippen LogP contribution is -2.70. The first-order valence-electron chi connectivity index (χ1n) is 12.8. The molecule has 2 unspecified atom stereocenters. The zero-order chi connectivity index (χ0) is 23.7. The molecular formula is C31H38N2O. The molecular weight excluding hydrogens is 416 g/mol. The molecule has 2 atom stereocenters. The molecule has 3 aliphatic heterocycles. The Morgan fingerprint density at radius 3 is 1.97 bits per heavy atom. The number of ether oxygens (including phenoxy) is 1. The van der Waals surface area contributed by atoms with Crippen LogP contribution in [0.1, 0.15) is 62.1 Å². The van der Waals surface area contributed by atoms with E-state index in [4.69, 9.17) is 4.74 Å². The molecule has 0 aromatic heterocycles. The largest absolute Gasteiger partial charge is 0.495 e. The van der Waals surface area contributed by atoms with Crippen LogP contribution in [0.15, 0.2) is 78.9 Å². The monoisotopic (exact) mass is 454 g/mol. The Morgan fingerprint density at radius 2 is 1.44 bits per heavy atom. The van der Waals surface area contributed by atoms with Crippen LogP contribution in [0.4, 0.5) is 5.69 Å². The van der Waals surface area contributed by atoms with Crippen molar-refractivity contribution in [3.05, 3.63) is 95.6 Å². The molecule has 0 radical (unpaired) electrons. The van der Waals surface area contributed by atoms with Crippen molar-refractivity contribution in [1.29, 1.82) is 0 Å². The average Bonchev–Trinajstić information content (AvgIpc) is 2.88. The van der Waals surface area contributed by atoms with Crippen LogP contribution >= 0.6 is 0 Å². The van der Waals surface area contributed by atoms with E-state index >= 15 is 0 Å². The van der Waals surface area contributed by atoms with Gasteiger partial charge in [0.05, 0.1) is 12.8 Å². The summed E-state index contributed by atoms with van der Waals surface area (Å²) in [6.07, 6.45) is 2.49. The summed E-state index contributed by atoms with van der Waals surface area (Å²) in [5.74, 6) is 2.32. The highest BCUT2D eigenvalue weighted by Gasteiger charge is 2.55. The van der Waals surface area contributed by atoms with Gasteiger partial charge >= 0.3 is 0 Å². The molecule has 6 rings (SSSR count). The second-order valence-electron chi connectivity index (χ2n) is 10.5. The van der Waals surface area contributed by atoms with E-state index in [9.17, 15) is 0 Å². The van der Waals surface area contributed by atoms with Gasteiger partial charge in [0.15, 0.2) is 0 Å². The van der Waals surface area contributed by atoms with Gasteiger partial charge in [-0.15, -0.1) is 0 Å². The molecule has 3 fully saturated rings. The number of hydrogen-bond donors (Lipinski definition) is 1. The highest BCUT2D eigenvalue weighted by molar-refractivity contribution is 5.60. The van der Waals surface area contributed by atoms with Crippen molar-refractivity contribution >= 4 is 5.69 Å². The van der Waals surface area contributed by atoms with Crippen LogP contribution in [-0.4, -0.2) is 36.7 Å². The van der Waals surface area contributed by atoms with E-state index in [-0.39, 0.29) is 11.5 Å². The van der Waals surface area contributed by atoms with Crippen molar-refractivity contribution in [3.8, 4) is 5.75 Å². The zero-order valence-electron chi connectivity index (χ0n) is 21.0.